The lowest BCUT2D eigenvalue weighted by molar-refractivity contribution is -0.150. The Morgan fingerprint density at radius 1 is 0.926 bits per heavy atom. The molecule has 7 nitrogen and oxygen atoms in total. The molecular formula is C20H22N2O5. The summed E-state index contributed by atoms with van der Waals surface area (Å²) >= 11 is 0. The van der Waals surface area contributed by atoms with Gasteiger partial charge in [0.05, 0.1) is 0 Å². The van der Waals surface area contributed by atoms with E-state index in [2.05, 4.69) is 10.6 Å². The van der Waals surface area contributed by atoms with Crippen molar-refractivity contribution in [2.75, 3.05) is 19.8 Å². The summed E-state index contributed by atoms with van der Waals surface area (Å²) in [5.74, 6) is -0.882. The van der Waals surface area contributed by atoms with E-state index in [-0.39, 0.29) is 6.61 Å². The standard InChI is InChI=1S/C20H22N2O5/c1-2-12-21-20(25)22-18(23)13-27-19(24)14-26-17-11-7-6-10-16(17)15-8-4-3-5-9-15/h3-11H,2,12-14H2,1H3,(H2,21,22,23,25). The number of nitrogens with one attached hydrogen (secondary N) is 2. The van der Waals surface area contributed by atoms with E-state index < -0.39 is 24.5 Å². The van der Waals surface area contributed by atoms with E-state index in [1.807, 2.05) is 49.4 Å². The van der Waals surface area contributed by atoms with Crippen LogP contribution in [-0.2, 0) is 14.3 Å². The van der Waals surface area contributed by atoms with Crippen molar-refractivity contribution < 1.29 is 23.9 Å². The molecule has 2 rings (SSSR count). The van der Waals surface area contributed by atoms with Gasteiger partial charge in [0.2, 0.25) is 0 Å². The summed E-state index contributed by atoms with van der Waals surface area (Å²) in [7, 11) is 0. The number of urea groups is 1. The van der Waals surface area contributed by atoms with Crippen LogP contribution in [0.2, 0.25) is 0 Å². The van der Waals surface area contributed by atoms with Gasteiger partial charge in [-0.2, -0.15) is 0 Å². The predicted octanol–water partition coefficient (Wildman–Crippen LogP) is 2.51. The van der Waals surface area contributed by atoms with Gasteiger partial charge in [-0.15, -0.1) is 0 Å². The molecule has 2 N–H and O–H groups in total. The molecule has 0 spiro atoms. The fourth-order valence-electron chi connectivity index (χ4n) is 2.22. The van der Waals surface area contributed by atoms with Gasteiger partial charge in [0.15, 0.2) is 13.2 Å². The molecule has 0 aliphatic rings. The van der Waals surface area contributed by atoms with Crippen LogP contribution in [0.15, 0.2) is 54.6 Å². The highest BCUT2D eigenvalue weighted by molar-refractivity contribution is 5.95. The van der Waals surface area contributed by atoms with Crippen LogP contribution < -0.4 is 15.4 Å². The third-order valence-electron chi connectivity index (χ3n) is 3.47. The van der Waals surface area contributed by atoms with Gasteiger partial charge < -0.3 is 14.8 Å². The average Bonchev–Trinajstić information content (AvgIpc) is 2.70. The monoisotopic (exact) mass is 370 g/mol. The van der Waals surface area contributed by atoms with Gasteiger partial charge >= 0.3 is 12.0 Å². The van der Waals surface area contributed by atoms with E-state index in [0.717, 1.165) is 17.5 Å². The lowest BCUT2D eigenvalue weighted by atomic mass is 10.1. The molecule has 0 unspecified atom stereocenters. The zero-order valence-electron chi connectivity index (χ0n) is 15.1. The summed E-state index contributed by atoms with van der Waals surface area (Å²) in [5, 5.41) is 4.55. The van der Waals surface area contributed by atoms with Crippen LogP contribution in [0.4, 0.5) is 4.79 Å². The summed E-state index contributed by atoms with van der Waals surface area (Å²) in [4.78, 5) is 34.7. The van der Waals surface area contributed by atoms with Crippen molar-refractivity contribution in [3.8, 4) is 16.9 Å². The molecule has 0 aliphatic heterocycles. The number of benzene rings is 2. The minimum atomic E-state index is -0.707. The first kappa shape index (κ1) is 20.0. The molecule has 142 valence electrons. The summed E-state index contributed by atoms with van der Waals surface area (Å²) < 4.78 is 10.4. The number of imide groups is 1. The lowest BCUT2D eigenvalue weighted by Crippen LogP contribution is -2.41. The number of para-hydroxylation sites is 1. The van der Waals surface area contributed by atoms with Crippen LogP contribution in [0, 0.1) is 0 Å². The quantitative estimate of drug-likeness (QED) is 0.697. The summed E-state index contributed by atoms with van der Waals surface area (Å²) in [6.45, 7) is 1.44. The van der Waals surface area contributed by atoms with Crippen LogP contribution in [0.3, 0.4) is 0 Å². The highest BCUT2D eigenvalue weighted by atomic mass is 16.6. The van der Waals surface area contributed by atoms with Crippen LogP contribution in [-0.4, -0.2) is 37.7 Å². The normalized spacial score (nSPS) is 9.96. The molecule has 0 bridgehead atoms. The Balaban J connectivity index is 1.81. The van der Waals surface area contributed by atoms with E-state index in [9.17, 15) is 14.4 Å². The molecule has 0 atom stereocenters. The molecule has 0 radical (unpaired) electrons. The second-order valence-corrected chi connectivity index (χ2v) is 5.62. The first-order valence-electron chi connectivity index (χ1n) is 8.60. The van der Waals surface area contributed by atoms with Gasteiger partial charge in [-0.25, -0.2) is 9.59 Å². The van der Waals surface area contributed by atoms with Crippen LogP contribution in [0.25, 0.3) is 11.1 Å². The molecule has 7 heteroatoms. The smallest absolute Gasteiger partial charge is 0.344 e. The Kier molecular flexibility index (Phi) is 7.84. The highest BCUT2D eigenvalue weighted by Gasteiger charge is 2.12. The third-order valence-corrected chi connectivity index (χ3v) is 3.47. The van der Waals surface area contributed by atoms with E-state index in [4.69, 9.17) is 9.47 Å². The maximum absolute atomic E-state index is 11.8. The summed E-state index contributed by atoms with van der Waals surface area (Å²) in [6, 6.07) is 16.3. The zero-order chi connectivity index (χ0) is 19.5. The first-order chi connectivity index (χ1) is 13.1. The number of amides is 3. The van der Waals surface area contributed by atoms with Gasteiger partial charge in [-0.3, -0.25) is 10.1 Å². The zero-order valence-corrected chi connectivity index (χ0v) is 15.1. The molecule has 0 aromatic heterocycles. The van der Waals surface area contributed by atoms with Crippen molar-refractivity contribution in [2.24, 2.45) is 0 Å². The third kappa shape index (κ3) is 6.81. The van der Waals surface area contributed by atoms with Crippen LogP contribution >= 0.6 is 0 Å². The van der Waals surface area contributed by atoms with Crippen molar-refractivity contribution in [1.29, 1.82) is 0 Å². The Labute approximate surface area is 157 Å². The van der Waals surface area contributed by atoms with Crippen molar-refractivity contribution in [2.45, 2.75) is 13.3 Å². The summed E-state index contributed by atoms with van der Waals surface area (Å²) in [6.07, 6.45) is 0.748. The Morgan fingerprint density at radius 2 is 1.63 bits per heavy atom. The van der Waals surface area contributed by atoms with E-state index >= 15 is 0 Å². The first-order valence-corrected chi connectivity index (χ1v) is 8.60. The molecule has 0 aliphatic carbocycles. The molecule has 0 saturated heterocycles. The van der Waals surface area contributed by atoms with Gasteiger partial charge in [-0.1, -0.05) is 55.5 Å². The van der Waals surface area contributed by atoms with E-state index in [1.54, 1.807) is 12.1 Å². The van der Waals surface area contributed by atoms with Crippen LogP contribution in [0.1, 0.15) is 13.3 Å². The highest BCUT2D eigenvalue weighted by Crippen LogP contribution is 2.29. The van der Waals surface area contributed by atoms with E-state index in [1.165, 1.54) is 0 Å². The molecule has 0 fully saturated rings. The topological polar surface area (TPSA) is 93.7 Å². The van der Waals surface area contributed by atoms with Crippen molar-refractivity contribution in [1.82, 2.24) is 10.6 Å². The maximum Gasteiger partial charge on any atom is 0.344 e. The van der Waals surface area contributed by atoms with Gasteiger partial charge in [0.1, 0.15) is 5.75 Å². The van der Waals surface area contributed by atoms with Crippen molar-refractivity contribution >= 4 is 17.9 Å². The second-order valence-electron chi connectivity index (χ2n) is 5.62. The fourth-order valence-corrected chi connectivity index (χ4v) is 2.22. The number of hydrogen-bond donors (Lipinski definition) is 2. The molecule has 0 heterocycles. The van der Waals surface area contributed by atoms with Crippen molar-refractivity contribution in [3.63, 3.8) is 0 Å². The Bertz CT molecular complexity index is 777. The molecular weight excluding hydrogens is 348 g/mol. The minimum absolute atomic E-state index is 0.348. The molecule has 2 aromatic rings. The molecule has 0 saturated carbocycles. The molecule has 27 heavy (non-hydrogen) atoms. The largest absolute Gasteiger partial charge is 0.481 e. The minimum Gasteiger partial charge on any atom is -0.481 e. The molecule has 2 aromatic carbocycles. The van der Waals surface area contributed by atoms with Crippen LogP contribution in [0.5, 0.6) is 5.75 Å². The Morgan fingerprint density at radius 3 is 2.37 bits per heavy atom. The number of ether oxygens (including phenoxy) is 2. The number of hydrogen-bond acceptors (Lipinski definition) is 5. The van der Waals surface area contributed by atoms with Gasteiger partial charge in [-0.05, 0) is 18.1 Å². The number of esters is 1. The average molecular weight is 370 g/mol. The fraction of sp³-hybridized carbons (Fsp3) is 0.250. The molecule has 3 amide bonds. The van der Waals surface area contributed by atoms with E-state index in [0.29, 0.717) is 12.3 Å². The lowest BCUT2D eigenvalue weighted by Gasteiger charge is -2.11. The number of carbonyl (C=O) groups is 3. The maximum atomic E-state index is 11.8. The van der Waals surface area contributed by atoms with Gasteiger partial charge in [0.25, 0.3) is 5.91 Å². The SMILES string of the molecule is CCCNC(=O)NC(=O)COC(=O)COc1ccccc1-c1ccccc1. The summed E-state index contributed by atoms with van der Waals surface area (Å²) in [5.41, 5.74) is 1.80. The van der Waals surface area contributed by atoms with Gasteiger partial charge in [0, 0.05) is 12.1 Å². The number of rotatable bonds is 8. The number of carbonyl (C=O) groups excluding carboxylic acids is 3. The Hall–Kier alpha value is -3.35. The van der Waals surface area contributed by atoms with Crippen molar-refractivity contribution in [3.05, 3.63) is 54.6 Å². The second kappa shape index (κ2) is 10.6. The predicted molar refractivity (Wildman–Crippen MR) is 100 cm³/mol.